The molecule has 4 heterocycles. The van der Waals surface area contributed by atoms with Gasteiger partial charge in [-0.2, -0.15) is 0 Å². The second kappa shape index (κ2) is 7.98. The highest BCUT2D eigenvalue weighted by Crippen LogP contribution is 2.43. The third kappa shape index (κ3) is 3.28. The summed E-state index contributed by atoms with van der Waals surface area (Å²) in [4.78, 5) is 35.0. The number of anilines is 1. The number of amides is 2. The van der Waals surface area contributed by atoms with Crippen molar-refractivity contribution in [3.8, 4) is 0 Å². The van der Waals surface area contributed by atoms with E-state index in [4.69, 9.17) is 0 Å². The molecule has 1 saturated heterocycles. The van der Waals surface area contributed by atoms with E-state index in [2.05, 4.69) is 4.98 Å². The number of H-pyrrole nitrogens is 1. The predicted octanol–water partition coefficient (Wildman–Crippen LogP) is 3.81. The second-order valence-corrected chi connectivity index (χ2v) is 9.66. The Balaban J connectivity index is 1.46. The van der Waals surface area contributed by atoms with Crippen LogP contribution in [0.25, 0.3) is 10.9 Å². The van der Waals surface area contributed by atoms with E-state index in [0.29, 0.717) is 13.0 Å². The number of hydrogen-bond acceptors (Lipinski definition) is 6. The number of para-hydroxylation sites is 1. The summed E-state index contributed by atoms with van der Waals surface area (Å²) in [6.45, 7) is 0.435. The Morgan fingerprint density at radius 2 is 1.88 bits per heavy atom. The average molecular weight is 474 g/mol. The summed E-state index contributed by atoms with van der Waals surface area (Å²) < 4.78 is 0. The molecule has 2 N–H and O–H groups in total. The summed E-state index contributed by atoms with van der Waals surface area (Å²) >= 11 is 1.57. The van der Waals surface area contributed by atoms with Crippen LogP contribution in [0.15, 0.2) is 66.0 Å². The molecule has 172 valence electrons. The molecule has 2 aromatic carbocycles. The molecule has 0 saturated carbocycles. The zero-order chi connectivity index (χ0) is 23.4. The minimum Gasteiger partial charge on any atom is -0.733 e. The minimum atomic E-state index is -0.619. The molecule has 1 fully saturated rings. The number of nitrogens with one attached hydrogen (secondary N) is 1. The van der Waals surface area contributed by atoms with Crippen molar-refractivity contribution in [3.63, 3.8) is 0 Å². The maximum absolute atomic E-state index is 13.7. The van der Waals surface area contributed by atoms with E-state index < -0.39 is 12.1 Å². The lowest BCUT2D eigenvalue weighted by Crippen LogP contribution is -2.62. The zero-order valence-corrected chi connectivity index (χ0v) is 18.9. The van der Waals surface area contributed by atoms with Crippen LogP contribution in [0.2, 0.25) is 0 Å². The fourth-order valence-corrected chi connectivity index (χ4v) is 5.90. The van der Waals surface area contributed by atoms with Gasteiger partial charge in [-0.1, -0.05) is 36.4 Å². The van der Waals surface area contributed by atoms with Gasteiger partial charge in [0.25, 0.3) is 0 Å². The molecule has 0 spiro atoms. The normalized spacial score (nSPS) is 19.9. The van der Waals surface area contributed by atoms with Crippen LogP contribution >= 0.6 is 11.3 Å². The van der Waals surface area contributed by atoms with Gasteiger partial charge < -0.3 is 25.2 Å². The first-order valence-electron chi connectivity index (χ1n) is 11.0. The quantitative estimate of drug-likeness (QED) is 0.439. The Kier molecular flexibility index (Phi) is 4.91. The molecule has 2 aromatic heterocycles. The van der Waals surface area contributed by atoms with Crippen LogP contribution in [0, 0.1) is 5.21 Å². The highest BCUT2D eigenvalue weighted by Gasteiger charge is 2.48. The number of carbonyl (C=O) groups is 2. The van der Waals surface area contributed by atoms with E-state index in [9.17, 15) is 20.0 Å². The van der Waals surface area contributed by atoms with Crippen LogP contribution in [0.4, 0.5) is 5.69 Å². The van der Waals surface area contributed by atoms with Gasteiger partial charge in [0.15, 0.2) is 0 Å². The van der Waals surface area contributed by atoms with E-state index in [0.717, 1.165) is 32.6 Å². The Morgan fingerprint density at radius 3 is 2.62 bits per heavy atom. The number of aromatic amines is 1. The van der Waals surface area contributed by atoms with Crippen LogP contribution in [0.1, 0.15) is 27.7 Å². The Morgan fingerprint density at radius 1 is 1.09 bits per heavy atom. The molecule has 2 amide bonds. The maximum atomic E-state index is 13.7. The van der Waals surface area contributed by atoms with Gasteiger partial charge in [0.05, 0.1) is 18.3 Å². The van der Waals surface area contributed by atoms with E-state index in [1.54, 1.807) is 33.3 Å². The lowest BCUT2D eigenvalue weighted by atomic mass is 9.86. The molecule has 2 atom stereocenters. The number of rotatable bonds is 4. The van der Waals surface area contributed by atoms with Gasteiger partial charge in [0.2, 0.25) is 11.8 Å². The molecule has 8 nitrogen and oxygen atoms in total. The fourth-order valence-electron chi connectivity index (χ4n) is 5.18. The molecule has 1 unspecified atom stereocenters. The molecule has 9 heteroatoms. The van der Waals surface area contributed by atoms with Crippen molar-refractivity contribution in [2.45, 2.75) is 25.0 Å². The number of benzene rings is 2. The number of thiophene rings is 1. The molecule has 0 aliphatic carbocycles. The molecular weight excluding hydrogens is 452 g/mol. The summed E-state index contributed by atoms with van der Waals surface area (Å²) in [5, 5.41) is 23.3. The highest BCUT2D eigenvalue weighted by atomic mass is 32.1. The zero-order valence-electron chi connectivity index (χ0n) is 18.0. The first kappa shape index (κ1) is 20.9. The highest BCUT2D eigenvalue weighted by molar-refractivity contribution is 7.09. The third-order valence-corrected chi connectivity index (χ3v) is 7.56. The molecule has 0 bridgehead atoms. The van der Waals surface area contributed by atoms with Crippen LogP contribution in [-0.4, -0.2) is 44.4 Å². The molecule has 34 heavy (non-hydrogen) atoms. The monoisotopic (exact) mass is 473 g/mol. The largest absolute Gasteiger partial charge is 0.733 e. The van der Waals surface area contributed by atoms with Crippen molar-refractivity contribution in [2.75, 3.05) is 11.8 Å². The Hall–Kier alpha value is -3.66. The Labute approximate surface area is 199 Å². The molecule has 4 aromatic rings. The first-order chi connectivity index (χ1) is 16.5. The Bertz CT molecular complexity index is 1380. The summed E-state index contributed by atoms with van der Waals surface area (Å²) in [5.41, 5.74) is 3.70. The van der Waals surface area contributed by atoms with E-state index >= 15 is 0 Å². The molecule has 2 aliphatic rings. The van der Waals surface area contributed by atoms with Crippen molar-refractivity contribution in [2.24, 2.45) is 0 Å². The van der Waals surface area contributed by atoms with E-state index in [1.807, 2.05) is 41.8 Å². The first-order valence-corrected chi connectivity index (χ1v) is 11.9. The second-order valence-electron chi connectivity index (χ2n) is 8.62. The number of hydrogen-bond donors (Lipinski definition) is 2. The van der Waals surface area contributed by atoms with Crippen molar-refractivity contribution in [1.29, 1.82) is 0 Å². The third-order valence-electron chi connectivity index (χ3n) is 6.70. The minimum absolute atomic E-state index is 0.0162. The lowest BCUT2D eigenvalue weighted by Gasteiger charge is -2.47. The van der Waals surface area contributed by atoms with Gasteiger partial charge in [0.1, 0.15) is 12.6 Å². The van der Waals surface area contributed by atoms with Gasteiger partial charge in [-0.15, -0.1) is 11.3 Å². The smallest absolute Gasteiger partial charge is 0.246 e. The van der Waals surface area contributed by atoms with Crippen molar-refractivity contribution >= 4 is 39.7 Å². The van der Waals surface area contributed by atoms with Gasteiger partial charge in [-0.05, 0) is 40.8 Å². The van der Waals surface area contributed by atoms with Gasteiger partial charge in [-0.3, -0.25) is 14.8 Å². The molecule has 0 radical (unpaired) electrons. The number of carbonyl (C=O) groups excluding carboxylic acids is 2. The summed E-state index contributed by atoms with van der Waals surface area (Å²) in [5.74, 6) is -0.182. The van der Waals surface area contributed by atoms with E-state index in [1.165, 1.54) is 12.1 Å². The van der Waals surface area contributed by atoms with Crippen LogP contribution in [0.5, 0.6) is 0 Å². The molecule has 6 rings (SSSR count). The number of nitrogens with zero attached hydrogens (tertiary/aromatic N) is 3. The van der Waals surface area contributed by atoms with Crippen LogP contribution in [-0.2, 0) is 22.6 Å². The van der Waals surface area contributed by atoms with Crippen LogP contribution in [0.3, 0.4) is 0 Å². The molecular formula is C25H21N4O4S-. The summed E-state index contributed by atoms with van der Waals surface area (Å²) in [6.07, 6.45) is 0.435. The SMILES string of the molecule is O=C1[C@@H]2Cc3c([nH]c4ccccc34)C(c3ccc(N([O-])O)cc3)N2C(=O)CN1Cc1cccs1. The van der Waals surface area contributed by atoms with Gasteiger partial charge >= 0.3 is 0 Å². The summed E-state index contributed by atoms with van der Waals surface area (Å²) in [7, 11) is 0. The van der Waals surface area contributed by atoms with Crippen molar-refractivity contribution in [1.82, 2.24) is 14.8 Å². The summed E-state index contributed by atoms with van der Waals surface area (Å²) in [6, 6.07) is 17.2. The van der Waals surface area contributed by atoms with Gasteiger partial charge in [-0.25, -0.2) is 0 Å². The van der Waals surface area contributed by atoms with Crippen molar-refractivity contribution in [3.05, 3.63) is 92.9 Å². The maximum Gasteiger partial charge on any atom is 0.246 e. The van der Waals surface area contributed by atoms with Gasteiger partial charge in [0, 0.05) is 27.9 Å². The standard InChI is InChI=1S/C25H21N4O4S/c30-22-14-27(13-17-4-3-11-34-17)25(31)21-12-19-18-5-1-2-6-20(18)26-23(19)24(28(21)22)15-7-9-16(10-8-15)29(32)33/h1-11,21,24,26,32H,12-14H2/q-1/t21-,24?/m0/s1. The predicted molar refractivity (Wildman–Crippen MR) is 128 cm³/mol. The lowest BCUT2D eigenvalue weighted by molar-refractivity contribution is -0.159. The van der Waals surface area contributed by atoms with Crippen molar-refractivity contribution < 1.29 is 14.8 Å². The van der Waals surface area contributed by atoms with E-state index in [-0.39, 0.29) is 29.3 Å². The topological polar surface area (TPSA) is 103 Å². The number of piperazine rings is 1. The number of aromatic nitrogens is 1. The fraction of sp³-hybridized carbons (Fsp3) is 0.200. The average Bonchev–Trinajstić information content (AvgIpc) is 3.49. The number of fused-ring (bicyclic) bond motifs is 4. The van der Waals surface area contributed by atoms with Crippen LogP contribution < -0.4 is 5.23 Å². The molecule has 2 aliphatic heterocycles.